The predicted molar refractivity (Wildman–Crippen MR) is 71.5 cm³/mol. The minimum absolute atomic E-state index is 0.0901. The van der Waals surface area contributed by atoms with E-state index in [4.69, 9.17) is 0 Å². The average Bonchev–Trinajstić information content (AvgIpc) is 2.48. The molecular formula is C15H17F4NO2. The molecule has 1 heterocycles. The number of carbonyl (C=O) groups excluding carboxylic acids is 1. The van der Waals surface area contributed by atoms with E-state index in [-0.39, 0.29) is 38.3 Å². The number of hydrogen-bond acceptors (Lipinski definition) is 2. The van der Waals surface area contributed by atoms with Crippen molar-refractivity contribution in [3.8, 4) is 0 Å². The number of rotatable bonds is 3. The number of nitrogens with zero attached hydrogens (tertiary/aromatic N) is 1. The number of halogens is 4. The average molecular weight is 319 g/mol. The van der Waals surface area contributed by atoms with E-state index in [1.807, 2.05) is 0 Å². The maximum Gasteiger partial charge on any atom is 0.414 e. The first-order valence-corrected chi connectivity index (χ1v) is 7.04. The second kappa shape index (κ2) is 6.64. The van der Waals surface area contributed by atoms with Crippen molar-refractivity contribution in [1.82, 2.24) is 4.90 Å². The number of aliphatic hydroxyl groups is 1. The summed E-state index contributed by atoms with van der Waals surface area (Å²) in [6.07, 6.45) is -6.62. The molecule has 22 heavy (non-hydrogen) atoms. The van der Waals surface area contributed by atoms with Gasteiger partial charge in [-0.3, -0.25) is 4.79 Å². The van der Waals surface area contributed by atoms with Gasteiger partial charge >= 0.3 is 6.18 Å². The fourth-order valence-corrected chi connectivity index (χ4v) is 2.62. The summed E-state index contributed by atoms with van der Waals surface area (Å²) in [5.41, 5.74) is 0.656. The second-order valence-corrected chi connectivity index (χ2v) is 5.51. The van der Waals surface area contributed by atoms with E-state index >= 15 is 0 Å². The number of piperidine rings is 1. The number of likely N-dealkylation sites (tertiary alicyclic amines) is 1. The summed E-state index contributed by atoms with van der Waals surface area (Å²) >= 11 is 0. The summed E-state index contributed by atoms with van der Waals surface area (Å²) in [5.74, 6) is -1.46. The molecule has 1 saturated heterocycles. The molecule has 0 spiro atoms. The van der Waals surface area contributed by atoms with Crippen molar-refractivity contribution in [2.45, 2.75) is 31.5 Å². The van der Waals surface area contributed by atoms with E-state index in [1.165, 1.54) is 29.2 Å². The Labute approximate surface area is 125 Å². The zero-order chi connectivity index (χ0) is 16.3. The van der Waals surface area contributed by atoms with E-state index in [2.05, 4.69) is 0 Å². The Hall–Kier alpha value is -1.63. The van der Waals surface area contributed by atoms with Crippen LogP contribution in [0.25, 0.3) is 0 Å². The lowest BCUT2D eigenvalue weighted by Crippen LogP contribution is -2.45. The standard InChI is InChI=1S/C15H17F4NO2/c16-12-3-1-10(2-4-12)9-13(21)20-7-5-11(6-8-20)14(22)15(17,18)19/h1-4,11,14,22H,5-9H2. The molecule has 1 aliphatic rings. The topological polar surface area (TPSA) is 40.5 Å². The van der Waals surface area contributed by atoms with Gasteiger partial charge in [0.05, 0.1) is 6.42 Å². The summed E-state index contributed by atoms with van der Waals surface area (Å²) in [6, 6.07) is 5.53. The van der Waals surface area contributed by atoms with Crippen LogP contribution in [0.2, 0.25) is 0 Å². The van der Waals surface area contributed by atoms with Crippen molar-refractivity contribution in [1.29, 1.82) is 0 Å². The molecule has 0 aliphatic carbocycles. The van der Waals surface area contributed by atoms with Gasteiger partial charge in [-0.1, -0.05) is 12.1 Å². The van der Waals surface area contributed by atoms with Crippen LogP contribution in [-0.2, 0) is 11.2 Å². The minimum atomic E-state index is -4.62. The fraction of sp³-hybridized carbons (Fsp3) is 0.533. The normalized spacial score (nSPS) is 18.3. The molecule has 1 atom stereocenters. The van der Waals surface area contributed by atoms with Crippen LogP contribution < -0.4 is 0 Å². The Morgan fingerprint density at radius 2 is 1.77 bits per heavy atom. The molecule has 1 aromatic carbocycles. The first kappa shape index (κ1) is 16.7. The Morgan fingerprint density at radius 3 is 2.27 bits per heavy atom. The van der Waals surface area contributed by atoms with Crippen LogP contribution >= 0.6 is 0 Å². The summed E-state index contributed by atoms with van der Waals surface area (Å²) in [7, 11) is 0. The first-order chi connectivity index (χ1) is 10.3. The highest BCUT2D eigenvalue weighted by Crippen LogP contribution is 2.31. The molecular weight excluding hydrogens is 302 g/mol. The van der Waals surface area contributed by atoms with Gasteiger partial charge in [0.1, 0.15) is 5.82 Å². The van der Waals surface area contributed by atoms with Crippen LogP contribution in [0.3, 0.4) is 0 Å². The monoisotopic (exact) mass is 319 g/mol. The molecule has 0 radical (unpaired) electrons. The number of hydrogen-bond donors (Lipinski definition) is 1. The number of carbonyl (C=O) groups is 1. The Kier molecular flexibility index (Phi) is 5.05. The number of aliphatic hydroxyl groups excluding tert-OH is 1. The van der Waals surface area contributed by atoms with E-state index < -0.39 is 24.0 Å². The first-order valence-electron chi connectivity index (χ1n) is 7.04. The van der Waals surface area contributed by atoms with Gasteiger partial charge in [-0.2, -0.15) is 13.2 Å². The van der Waals surface area contributed by atoms with Gasteiger partial charge in [0.25, 0.3) is 0 Å². The molecule has 1 amide bonds. The highest BCUT2D eigenvalue weighted by molar-refractivity contribution is 5.78. The number of benzene rings is 1. The van der Waals surface area contributed by atoms with Gasteiger partial charge in [-0.25, -0.2) is 4.39 Å². The molecule has 0 saturated carbocycles. The van der Waals surface area contributed by atoms with Crippen molar-refractivity contribution in [3.63, 3.8) is 0 Å². The van der Waals surface area contributed by atoms with E-state index in [0.717, 1.165) is 0 Å². The van der Waals surface area contributed by atoms with Gasteiger partial charge in [0.2, 0.25) is 5.91 Å². The second-order valence-electron chi connectivity index (χ2n) is 5.51. The van der Waals surface area contributed by atoms with Gasteiger partial charge in [0.15, 0.2) is 6.10 Å². The highest BCUT2D eigenvalue weighted by Gasteiger charge is 2.44. The fourth-order valence-electron chi connectivity index (χ4n) is 2.62. The molecule has 1 N–H and O–H groups in total. The van der Waals surface area contributed by atoms with Crippen LogP contribution in [-0.4, -0.2) is 41.3 Å². The molecule has 1 fully saturated rings. The smallest absolute Gasteiger partial charge is 0.383 e. The Bertz CT molecular complexity index is 507. The molecule has 2 rings (SSSR count). The molecule has 122 valence electrons. The van der Waals surface area contributed by atoms with Crippen LogP contribution in [0, 0.1) is 11.7 Å². The molecule has 7 heteroatoms. The van der Waals surface area contributed by atoms with Gasteiger partial charge in [0, 0.05) is 13.1 Å². The maximum atomic E-state index is 12.8. The molecule has 0 bridgehead atoms. The zero-order valence-electron chi connectivity index (χ0n) is 11.8. The third-order valence-electron chi connectivity index (χ3n) is 3.94. The van der Waals surface area contributed by atoms with Crippen molar-refractivity contribution in [2.75, 3.05) is 13.1 Å². The molecule has 3 nitrogen and oxygen atoms in total. The Morgan fingerprint density at radius 1 is 1.23 bits per heavy atom. The van der Waals surface area contributed by atoms with Crippen molar-refractivity contribution in [3.05, 3.63) is 35.6 Å². The lowest BCUT2D eigenvalue weighted by Gasteiger charge is -2.34. The Balaban J connectivity index is 1.86. The molecule has 0 aromatic heterocycles. The lowest BCUT2D eigenvalue weighted by atomic mass is 9.90. The van der Waals surface area contributed by atoms with E-state index in [1.54, 1.807) is 0 Å². The largest absolute Gasteiger partial charge is 0.414 e. The summed E-state index contributed by atoms with van der Waals surface area (Å²) < 4.78 is 50.1. The summed E-state index contributed by atoms with van der Waals surface area (Å²) in [5, 5.41) is 9.23. The zero-order valence-corrected chi connectivity index (χ0v) is 11.8. The quantitative estimate of drug-likeness (QED) is 0.870. The van der Waals surface area contributed by atoms with Gasteiger partial charge in [-0.15, -0.1) is 0 Å². The van der Waals surface area contributed by atoms with Crippen LogP contribution in [0.15, 0.2) is 24.3 Å². The highest BCUT2D eigenvalue weighted by atomic mass is 19.4. The van der Waals surface area contributed by atoms with Gasteiger partial charge in [-0.05, 0) is 36.5 Å². The SMILES string of the molecule is O=C(Cc1ccc(F)cc1)N1CCC(C(O)C(F)(F)F)CC1. The third-order valence-corrected chi connectivity index (χ3v) is 3.94. The minimum Gasteiger partial charge on any atom is -0.383 e. The van der Waals surface area contributed by atoms with E-state index in [0.29, 0.717) is 5.56 Å². The number of amides is 1. The number of alkyl halides is 3. The van der Waals surface area contributed by atoms with Crippen LogP contribution in [0.4, 0.5) is 17.6 Å². The van der Waals surface area contributed by atoms with Crippen molar-refractivity contribution in [2.24, 2.45) is 5.92 Å². The maximum absolute atomic E-state index is 12.8. The summed E-state index contributed by atoms with van der Waals surface area (Å²) in [6.45, 7) is 0.385. The molecule has 1 aliphatic heterocycles. The molecule has 1 aromatic rings. The van der Waals surface area contributed by atoms with Crippen molar-refractivity contribution < 1.29 is 27.5 Å². The van der Waals surface area contributed by atoms with Gasteiger partial charge < -0.3 is 10.0 Å². The lowest BCUT2D eigenvalue weighted by molar-refractivity contribution is -0.222. The summed E-state index contributed by atoms with van der Waals surface area (Å²) in [4.78, 5) is 13.6. The van der Waals surface area contributed by atoms with Crippen LogP contribution in [0.1, 0.15) is 18.4 Å². The molecule has 1 unspecified atom stereocenters. The van der Waals surface area contributed by atoms with Crippen molar-refractivity contribution >= 4 is 5.91 Å². The van der Waals surface area contributed by atoms with Crippen LogP contribution in [0.5, 0.6) is 0 Å². The van der Waals surface area contributed by atoms with E-state index in [9.17, 15) is 27.5 Å². The third kappa shape index (κ3) is 4.19. The predicted octanol–water partition coefficient (Wildman–Crippen LogP) is 2.53.